The van der Waals surface area contributed by atoms with Crippen LogP contribution in [0.5, 0.6) is 0 Å². The van der Waals surface area contributed by atoms with E-state index >= 15 is 0 Å². The number of hydrogen-bond donors (Lipinski definition) is 1. The molecule has 0 radical (unpaired) electrons. The van der Waals surface area contributed by atoms with E-state index in [0.717, 1.165) is 25.9 Å². The van der Waals surface area contributed by atoms with E-state index in [4.69, 9.17) is 0 Å². The minimum Gasteiger partial charge on any atom is -0.316 e. The molecule has 0 bridgehead atoms. The maximum Gasteiger partial charge on any atom is 0.109 e. The van der Waals surface area contributed by atoms with Crippen molar-refractivity contribution in [2.24, 2.45) is 11.3 Å². The molecule has 1 saturated heterocycles. The number of piperidine rings is 1. The van der Waals surface area contributed by atoms with Crippen molar-refractivity contribution in [2.75, 3.05) is 13.1 Å². The summed E-state index contributed by atoms with van der Waals surface area (Å²) < 4.78 is 13.8. The monoisotopic (exact) mass is 173 g/mol. The minimum absolute atomic E-state index is 0.191. The van der Waals surface area contributed by atoms with Gasteiger partial charge in [-0.1, -0.05) is 20.8 Å². The largest absolute Gasteiger partial charge is 0.316 e. The molecular weight excluding hydrogens is 153 g/mol. The van der Waals surface area contributed by atoms with Crippen molar-refractivity contribution in [3.05, 3.63) is 0 Å². The van der Waals surface area contributed by atoms with Gasteiger partial charge >= 0.3 is 0 Å². The summed E-state index contributed by atoms with van der Waals surface area (Å²) in [5, 5.41) is 3.25. The van der Waals surface area contributed by atoms with Crippen LogP contribution in [0.2, 0.25) is 0 Å². The summed E-state index contributed by atoms with van der Waals surface area (Å²) in [6.45, 7) is 7.86. The maximum atomic E-state index is 13.8. The zero-order valence-corrected chi connectivity index (χ0v) is 8.36. The third kappa shape index (κ3) is 2.44. The Balaban J connectivity index is 2.45. The van der Waals surface area contributed by atoms with Crippen LogP contribution in [0.15, 0.2) is 0 Å². The molecule has 0 spiro atoms. The van der Waals surface area contributed by atoms with Gasteiger partial charge < -0.3 is 5.32 Å². The van der Waals surface area contributed by atoms with Crippen molar-refractivity contribution in [2.45, 2.75) is 39.8 Å². The standard InChI is InChI=1S/C10H20FN/c1-10(2,3)9(11)8-5-4-6-12-7-8/h8-9,12H,4-7H2,1-3H3. The lowest BCUT2D eigenvalue weighted by atomic mass is 9.79. The van der Waals surface area contributed by atoms with E-state index in [0.29, 0.717) is 0 Å². The summed E-state index contributed by atoms with van der Waals surface area (Å²) in [4.78, 5) is 0. The average Bonchev–Trinajstić information content (AvgIpc) is 2.03. The van der Waals surface area contributed by atoms with Crippen molar-refractivity contribution in [1.29, 1.82) is 0 Å². The number of halogens is 1. The third-order valence-electron chi connectivity index (χ3n) is 2.58. The van der Waals surface area contributed by atoms with Crippen LogP contribution < -0.4 is 5.32 Å². The van der Waals surface area contributed by atoms with Crippen LogP contribution in [0.4, 0.5) is 4.39 Å². The van der Waals surface area contributed by atoms with E-state index in [1.165, 1.54) is 0 Å². The van der Waals surface area contributed by atoms with Crippen LogP contribution in [0.1, 0.15) is 33.6 Å². The van der Waals surface area contributed by atoms with E-state index in [2.05, 4.69) is 5.32 Å². The van der Waals surface area contributed by atoms with E-state index in [9.17, 15) is 4.39 Å². The van der Waals surface area contributed by atoms with Crippen LogP contribution in [-0.2, 0) is 0 Å². The van der Waals surface area contributed by atoms with Crippen LogP contribution in [0.3, 0.4) is 0 Å². The fraction of sp³-hybridized carbons (Fsp3) is 1.00. The van der Waals surface area contributed by atoms with Gasteiger partial charge in [-0.25, -0.2) is 4.39 Å². The van der Waals surface area contributed by atoms with Crippen molar-refractivity contribution in [3.8, 4) is 0 Å². The zero-order valence-electron chi connectivity index (χ0n) is 8.36. The topological polar surface area (TPSA) is 12.0 Å². The molecule has 2 unspecified atom stereocenters. The van der Waals surface area contributed by atoms with Gasteiger partial charge in [0, 0.05) is 12.5 Å². The van der Waals surface area contributed by atoms with Gasteiger partial charge in [-0.2, -0.15) is 0 Å². The highest BCUT2D eigenvalue weighted by Crippen LogP contribution is 2.31. The second kappa shape index (κ2) is 3.73. The Morgan fingerprint density at radius 2 is 2.08 bits per heavy atom. The molecule has 1 heterocycles. The van der Waals surface area contributed by atoms with Gasteiger partial charge in [0.15, 0.2) is 0 Å². The third-order valence-corrected chi connectivity index (χ3v) is 2.58. The summed E-state index contributed by atoms with van der Waals surface area (Å²) in [6, 6.07) is 0. The van der Waals surface area contributed by atoms with Gasteiger partial charge in [0.2, 0.25) is 0 Å². The summed E-state index contributed by atoms with van der Waals surface area (Å²) >= 11 is 0. The number of alkyl halides is 1. The fourth-order valence-corrected chi connectivity index (χ4v) is 1.84. The Kier molecular flexibility index (Phi) is 3.10. The molecule has 2 atom stereocenters. The van der Waals surface area contributed by atoms with Gasteiger partial charge in [-0.05, 0) is 24.8 Å². The van der Waals surface area contributed by atoms with E-state index < -0.39 is 6.17 Å². The molecule has 1 N–H and O–H groups in total. The molecule has 1 fully saturated rings. The van der Waals surface area contributed by atoms with Gasteiger partial charge in [-0.3, -0.25) is 0 Å². The highest BCUT2D eigenvalue weighted by molar-refractivity contribution is 4.83. The number of rotatable bonds is 1. The molecule has 0 aromatic rings. The van der Waals surface area contributed by atoms with Crippen LogP contribution in [0, 0.1) is 11.3 Å². The van der Waals surface area contributed by atoms with Gasteiger partial charge in [0.1, 0.15) is 6.17 Å². The van der Waals surface area contributed by atoms with E-state index in [1.54, 1.807) is 0 Å². The van der Waals surface area contributed by atoms with Crippen LogP contribution in [0.25, 0.3) is 0 Å². The van der Waals surface area contributed by atoms with Crippen molar-refractivity contribution < 1.29 is 4.39 Å². The van der Waals surface area contributed by atoms with Crippen molar-refractivity contribution in [3.63, 3.8) is 0 Å². The first-order chi connectivity index (χ1) is 5.52. The summed E-state index contributed by atoms with van der Waals surface area (Å²) in [5.41, 5.74) is -0.191. The second-order valence-electron chi connectivity index (χ2n) is 4.87. The van der Waals surface area contributed by atoms with Gasteiger partial charge in [0.05, 0.1) is 0 Å². The van der Waals surface area contributed by atoms with Crippen molar-refractivity contribution >= 4 is 0 Å². The van der Waals surface area contributed by atoms with Gasteiger partial charge in [0.25, 0.3) is 0 Å². The van der Waals surface area contributed by atoms with Crippen molar-refractivity contribution in [1.82, 2.24) is 5.32 Å². The lowest BCUT2D eigenvalue weighted by Crippen LogP contribution is -2.40. The lowest BCUT2D eigenvalue weighted by molar-refractivity contribution is 0.0823. The molecule has 2 heteroatoms. The van der Waals surface area contributed by atoms with Gasteiger partial charge in [-0.15, -0.1) is 0 Å². The predicted octanol–water partition coefficient (Wildman–Crippen LogP) is 2.37. The Labute approximate surface area is 74.7 Å². The average molecular weight is 173 g/mol. The Morgan fingerprint density at radius 3 is 2.50 bits per heavy atom. The zero-order chi connectivity index (χ0) is 9.19. The maximum absolute atomic E-state index is 13.8. The highest BCUT2D eigenvalue weighted by atomic mass is 19.1. The first kappa shape index (κ1) is 9.97. The Morgan fingerprint density at radius 1 is 1.42 bits per heavy atom. The first-order valence-electron chi connectivity index (χ1n) is 4.86. The SMILES string of the molecule is CC(C)(C)C(F)C1CCCNC1. The number of nitrogens with one attached hydrogen (secondary N) is 1. The summed E-state index contributed by atoms with van der Waals surface area (Å²) in [6.07, 6.45) is 1.51. The predicted molar refractivity (Wildman–Crippen MR) is 49.9 cm³/mol. The molecule has 0 aliphatic carbocycles. The molecule has 1 aliphatic heterocycles. The molecule has 0 aromatic carbocycles. The lowest BCUT2D eigenvalue weighted by Gasteiger charge is -2.33. The summed E-state index contributed by atoms with van der Waals surface area (Å²) in [5.74, 6) is 0.235. The Hall–Kier alpha value is -0.110. The minimum atomic E-state index is -0.662. The fourth-order valence-electron chi connectivity index (χ4n) is 1.84. The molecule has 1 nitrogen and oxygen atoms in total. The van der Waals surface area contributed by atoms with E-state index in [-0.39, 0.29) is 11.3 Å². The van der Waals surface area contributed by atoms with Crippen LogP contribution in [-0.4, -0.2) is 19.3 Å². The summed E-state index contributed by atoms with van der Waals surface area (Å²) in [7, 11) is 0. The number of hydrogen-bond acceptors (Lipinski definition) is 1. The molecular formula is C10H20FN. The molecule has 1 rings (SSSR count). The first-order valence-corrected chi connectivity index (χ1v) is 4.86. The second-order valence-corrected chi connectivity index (χ2v) is 4.87. The smallest absolute Gasteiger partial charge is 0.109 e. The highest BCUT2D eigenvalue weighted by Gasteiger charge is 2.32. The quantitative estimate of drug-likeness (QED) is 0.642. The molecule has 0 amide bonds. The molecule has 0 aromatic heterocycles. The molecule has 12 heavy (non-hydrogen) atoms. The Bertz CT molecular complexity index is 133. The molecule has 1 aliphatic rings. The molecule has 0 saturated carbocycles. The molecule has 72 valence electrons. The van der Waals surface area contributed by atoms with E-state index in [1.807, 2.05) is 20.8 Å². The normalized spacial score (nSPS) is 28.5. The van der Waals surface area contributed by atoms with Crippen LogP contribution >= 0.6 is 0 Å².